The molecular weight excluding hydrogens is 376 g/mol. The number of piperazine rings is 1. The van der Waals surface area contributed by atoms with Crippen molar-refractivity contribution in [3.05, 3.63) is 29.8 Å². The molecule has 0 bridgehead atoms. The number of carbonyl (C=O) groups excluding carboxylic acids is 4. The lowest BCUT2D eigenvalue weighted by atomic mass is 10.1. The minimum absolute atomic E-state index is 0.0337. The number of rotatable bonds is 9. The van der Waals surface area contributed by atoms with Crippen molar-refractivity contribution in [1.29, 1.82) is 0 Å². The monoisotopic (exact) mass is 404 g/mol. The average molecular weight is 404 g/mol. The Balaban J connectivity index is 1.93. The fraction of sp³-hybridized carbons (Fsp3) is 0.500. The third kappa shape index (κ3) is 6.48. The van der Waals surface area contributed by atoms with Crippen molar-refractivity contribution in [3.8, 4) is 0 Å². The molecular formula is C20H28N4O5. The zero-order valence-electron chi connectivity index (χ0n) is 16.8. The van der Waals surface area contributed by atoms with Gasteiger partial charge < -0.3 is 25.6 Å². The number of amides is 3. The van der Waals surface area contributed by atoms with Crippen molar-refractivity contribution in [2.75, 3.05) is 38.6 Å². The van der Waals surface area contributed by atoms with E-state index in [4.69, 9.17) is 4.74 Å². The molecule has 9 heteroatoms. The normalized spacial score (nSPS) is 16.0. The number of hydrogen-bond acceptors (Lipinski definition) is 6. The Morgan fingerprint density at radius 3 is 2.62 bits per heavy atom. The van der Waals surface area contributed by atoms with Crippen LogP contribution in [0.15, 0.2) is 24.3 Å². The summed E-state index contributed by atoms with van der Waals surface area (Å²) in [7, 11) is 1.55. The first-order valence-electron chi connectivity index (χ1n) is 9.75. The molecule has 1 unspecified atom stereocenters. The van der Waals surface area contributed by atoms with E-state index in [2.05, 4.69) is 16.0 Å². The first kappa shape index (κ1) is 22.2. The molecule has 0 radical (unpaired) electrons. The Morgan fingerprint density at radius 2 is 1.97 bits per heavy atom. The lowest BCUT2D eigenvalue weighted by Crippen LogP contribution is -2.58. The second kappa shape index (κ2) is 11.0. The van der Waals surface area contributed by atoms with E-state index in [-0.39, 0.29) is 30.7 Å². The lowest BCUT2D eigenvalue weighted by Gasteiger charge is -2.34. The quantitative estimate of drug-likeness (QED) is 0.408. The molecule has 1 aliphatic heterocycles. The average Bonchev–Trinajstić information content (AvgIpc) is 2.73. The van der Waals surface area contributed by atoms with Crippen LogP contribution in [0.4, 0.5) is 5.69 Å². The van der Waals surface area contributed by atoms with E-state index in [9.17, 15) is 19.2 Å². The van der Waals surface area contributed by atoms with Gasteiger partial charge >= 0.3 is 5.97 Å². The number of ether oxygens (including phenoxy) is 1. The van der Waals surface area contributed by atoms with Crippen LogP contribution in [0, 0.1) is 0 Å². The largest absolute Gasteiger partial charge is 0.466 e. The van der Waals surface area contributed by atoms with Gasteiger partial charge in [-0.2, -0.15) is 0 Å². The van der Waals surface area contributed by atoms with Crippen molar-refractivity contribution >= 4 is 29.4 Å². The third-order valence-corrected chi connectivity index (χ3v) is 4.59. The Labute approximate surface area is 170 Å². The van der Waals surface area contributed by atoms with E-state index < -0.39 is 12.0 Å². The molecule has 1 saturated heterocycles. The maximum Gasteiger partial charge on any atom is 0.308 e. The molecule has 1 atom stereocenters. The molecule has 3 N–H and O–H groups in total. The molecule has 1 aromatic carbocycles. The molecule has 1 aromatic rings. The minimum atomic E-state index is -0.872. The zero-order chi connectivity index (χ0) is 21.2. The SMILES string of the molecule is CCCCOC(=O)CC1C(=O)NCCN1C(=O)CNc1ccc(C(=O)NC)cc1. The number of hydrogen-bond donors (Lipinski definition) is 3. The first-order chi connectivity index (χ1) is 14.0. The van der Waals surface area contributed by atoms with E-state index in [1.807, 2.05) is 6.92 Å². The van der Waals surface area contributed by atoms with Crippen molar-refractivity contribution in [3.63, 3.8) is 0 Å². The predicted molar refractivity (Wildman–Crippen MR) is 107 cm³/mol. The number of nitrogens with one attached hydrogen (secondary N) is 3. The topological polar surface area (TPSA) is 117 Å². The van der Waals surface area contributed by atoms with Crippen molar-refractivity contribution < 1.29 is 23.9 Å². The van der Waals surface area contributed by atoms with Crippen molar-refractivity contribution in [2.45, 2.75) is 32.2 Å². The Hall–Kier alpha value is -3.10. The highest BCUT2D eigenvalue weighted by atomic mass is 16.5. The van der Waals surface area contributed by atoms with Gasteiger partial charge in [-0.25, -0.2) is 0 Å². The van der Waals surface area contributed by atoms with Crippen LogP contribution in [-0.2, 0) is 19.1 Å². The molecule has 2 rings (SSSR count). The third-order valence-electron chi connectivity index (χ3n) is 4.59. The number of nitrogens with zero attached hydrogens (tertiary/aromatic N) is 1. The van der Waals surface area contributed by atoms with E-state index >= 15 is 0 Å². The highest BCUT2D eigenvalue weighted by Gasteiger charge is 2.34. The van der Waals surface area contributed by atoms with Gasteiger partial charge in [0.05, 0.1) is 19.6 Å². The Bertz CT molecular complexity index is 735. The summed E-state index contributed by atoms with van der Waals surface area (Å²) in [6, 6.07) is 5.82. The molecule has 1 fully saturated rings. The van der Waals surface area contributed by atoms with Crippen LogP contribution >= 0.6 is 0 Å². The number of esters is 1. The summed E-state index contributed by atoms with van der Waals surface area (Å²) in [5, 5.41) is 8.21. The van der Waals surface area contributed by atoms with E-state index in [0.717, 1.165) is 12.8 Å². The molecule has 1 heterocycles. The predicted octanol–water partition coefficient (Wildman–Crippen LogP) is 0.519. The smallest absolute Gasteiger partial charge is 0.308 e. The van der Waals surface area contributed by atoms with E-state index in [1.54, 1.807) is 31.3 Å². The maximum absolute atomic E-state index is 12.7. The van der Waals surface area contributed by atoms with Crippen LogP contribution in [0.1, 0.15) is 36.5 Å². The molecule has 0 spiro atoms. The van der Waals surface area contributed by atoms with Gasteiger partial charge in [-0.1, -0.05) is 13.3 Å². The number of anilines is 1. The van der Waals surface area contributed by atoms with Gasteiger partial charge in [0, 0.05) is 31.4 Å². The van der Waals surface area contributed by atoms with E-state index in [0.29, 0.717) is 30.9 Å². The molecule has 158 valence electrons. The fourth-order valence-corrected chi connectivity index (χ4v) is 2.93. The summed E-state index contributed by atoms with van der Waals surface area (Å²) in [4.78, 5) is 49.8. The number of unbranched alkanes of at least 4 members (excludes halogenated alkanes) is 1. The molecule has 0 aromatic heterocycles. The van der Waals surface area contributed by atoms with Crippen molar-refractivity contribution in [2.24, 2.45) is 0 Å². The summed E-state index contributed by atoms with van der Waals surface area (Å²) in [6.45, 7) is 2.93. The standard InChI is InChI=1S/C20H28N4O5/c1-3-4-11-29-18(26)12-16-20(28)22-9-10-24(16)17(25)13-23-15-7-5-14(6-8-15)19(27)21-2/h5-8,16,23H,3-4,9-13H2,1-2H3,(H,21,27)(H,22,28). The van der Waals surface area contributed by atoms with Gasteiger partial charge in [-0.3, -0.25) is 19.2 Å². The van der Waals surface area contributed by atoms with Gasteiger partial charge in [0.2, 0.25) is 11.8 Å². The van der Waals surface area contributed by atoms with Gasteiger partial charge in [-0.15, -0.1) is 0 Å². The van der Waals surface area contributed by atoms with E-state index in [1.165, 1.54) is 4.90 Å². The maximum atomic E-state index is 12.7. The summed E-state index contributed by atoms with van der Waals surface area (Å²) in [5.74, 6) is -1.33. The molecule has 1 aliphatic rings. The van der Waals surface area contributed by atoms with Crippen molar-refractivity contribution in [1.82, 2.24) is 15.5 Å². The lowest BCUT2D eigenvalue weighted by molar-refractivity contribution is -0.151. The summed E-state index contributed by atoms with van der Waals surface area (Å²) in [6.07, 6.45) is 1.49. The van der Waals surface area contributed by atoms with Crippen LogP contribution in [0.25, 0.3) is 0 Å². The fourth-order valence-electron chi connectivity index (χ4n) is 2.93. The first-order valence-corrected chi connectivity index (χ1v) is 9.75. The minimum Gasteiger partial charge on any atom is -0.466 e. The molecule has 29 heavy (non-hydrogen) atoms. The Kier molecular flexibility index (Phi) is 8.45. The van der Waals surface area contributed by atoms with Gasteiger partial charge in [-0.05, 0) is 30.7 Å². The van der Waals surface area contributed by atoms with Crippen LogP contribution in [0.3, 0.4) is 0 Å². The number of carbonyl (C=O) groups is 4. The second-order valence-electron chi connectivity index (χ2n) is 6.68. The highest BCUT2D eigenvalue weighted by Crippen LogP contribution is 2.13. The summed E-state index contributed by atoms with van der Waals surface area (Å²) in [5.41, 5.74) is 1.18. The Morgan fingerprint density at radius 1 is 1.24 bits per heavy atom. The molecule has 9 nitrogen and oxygen atoms in total. The van der Waals surface area contributed by atoms with Gasteiger partial charge in [0.25, 0.3) is 5.91 Å². The van der Waals surface area contributed by atoms with Crippen LogP contribution in [0.5, 0.6) is 0 Å². The second-order valence-corrected chi connectivity index (χ2v) is 6.68. The molecule has 0 aliphatic carbocycles. The number of benzene rings is 1. The van der Waals surface area contributed by atoms with Gasteiger partial charge in [0.1, 0.15) is 6.04 Å². The van der Waals surface area contributed by atoms with Crippen LogP contribution in [-0.4, -0.2) is 67.9 Å². The highest BCUT2D eigenvalue weighted by molar-refractivity contribution is 5.95. The zero-order valence-corrected chi connectivity index (χ0v) is 16.8. The van der Waals surface area contributed by atoms with Gasteiger partial charge in [0.15, 0.2) is 0 Å². The van der Waals surface area contributed by atoms with Crippen LogP contribution in [0.2, 0.25) is 0 Å². The summed E-state index contributed by atoms with van der Waals surface area (Å²) >= 11 is 0. The molecule has 3 amide bonds. The molecule has 0 saturated carbocycles. The van der Waals surface area contributed by atoms with Crippen LogP contribution < -0.4 is 16.0 Å². The summed E-state index contributed by atoms with van der Waals surface area (Å²) < 4.78 is 5.13.